The number of esters is 1. The van der Waals surface area contributed by atoms with Crippen LogP contribution in [0.25, 0.3) is 0 Å². The van der Waals surface area contributed by atoms with Crippen molar-refractivity contribution in [1.29, 1.82) is 0 Å². The molecule has 0 radical (unpaired) electrons. The highest BCUT2D eigenvalue weighted by Crippen LogP contribution is 2.22. The maximum Gasteiger partial charge on any atom is 0.344 e. The number of halogens is 1. The minimum absolute atomic E-state index is 0.0560. The lowest BCUT2D eigenvalue weighted by Gasteiger charge is -2.14. The van der Waals surface area contributed by atoms with Gasteiger partial charge in [0.1, 0.15) is 0 Å². The van der Waals surface area contributed by atoms with Gasteiger partial charge in [-0.05, 0) is 38.1 Å². The third-order valence-electron chi connectivity index (χ3n) is 2.62. The minimum Gasteiger partial charge on any atom is -0.479 e. The van der Waals surface area contributed by atoms with Crippen molar-refractivity contribution in [2.24, 2.45) is 0 Å². The smallest absolute Gasteiger partial charge is 0.344 e. The standard InChI is InChI=1S/C14H20FNO3/c1-4-16-10(3)11-6-7-13(12(15)8-11)19-9-14(17)18-5-2/h6-8,10,16H,4-5,9H2,1-3H3. The first-order valence-electron chi connectivity index (χ1n) is 6.39. The Morgan fingerprint density at radius 1 is 1.42 bits per heavy atom. The molecule has 0 saturated heterocycles. The summed E-state index contributed by atoms with van der Waals surface area (Å²) in [6.07, 6.45) is 0. The van der Waals surface area contributed by atoms with Crippen LogP contribution in [0.15, 0.2) is 18.2 Å². The summed E-state index contributed by atoms with van der Waals surface area (Å²) in [5, 5.41) is 3.19. The van der Waals surface area contributed by atoms with Crippen LogP contribution in [0.1, 0.15) is 32.4 Å². The molecule has 0 aliphatic carbocycles. The summed E-state index contributed by atoms with van der Waals surface area (Å²) in [5.74, 6) is -0.931. The molecule has 1 aromatic carbocycles. The van der Waals surface area contributed by atoms with Crippen molar-refractivity contribution in [3.63, 3.8) is 0 Å². The lowest BCUT2D eigenvalue weighted by molar-refractivity contribution is -0.145. The molecule has 0 aliphatic heterocycles. The average Bonchev–Trinajstić information content (AvgIpc) is 2.38. The van der Waals surface area contributed by atoms with Gasteiger partial charge in [0.2, 0.25) is 0 Å². The summed E-state index contributed by atoms with van der Waals surface area (Å²) in [6, 6.07) is 4.78. The molecule has 1 rings (SSSR count). The highest BCUT2D eigenvalue weighted by molar-refractivity contribution is 5.71. The number of hydrogen-bond donors (Lipinski definition) is 1. The van der Waals surface area contributed by atoms with E-state index in [1.165, 1.54) is 12.1 Å². The van der Waals surface area contributed by atoms with Crippen molar-refractivity contribution in [2.45, 2.75) is 26.8 Å². The molecular weight excluding hydrogens is 249 g/mol. The van der Waals surface area contributed by atoms with Gasteiger partial charge in [-0.1, -0.05) is 13.0 Å². The first kappa shape index (κ1) is 15.4. The first-order valence-corrected chi connectivity index (χ1v) is 6.39. The molecular formula is C14H20FNO3. The van der Waals surface area contributed by atoms with E-state index in [2.05, 4.69) is 5.32 Å². The molecule has 0 aromatic heterocycles. The number of hydrogen-bond acceptors (Lipinski definition) is 4. The fourth-order valence-corrected chi connectivity index (χ4v) is 1.67. The van der Waals surface area contributed by atoms with Crippen molar-refractivity contribution in [3.8, 4) is 5.75 Å². The Morgan fingerprint density at radius 3 is 2.74 bits per heavy atom. The molecule has 0 heterocycles. The number of benzene rings is 1. The summed E-state index contributed by atoms with van der Waals surface area (Å²) in [7, 11) is 0. The van der Waals surface area contributed by atoms with Crippen LogP contribution in [0.3, 0.4) is 0 Å². The molecule has 106 valence electrons. The SMILES string of the molecule is CCNC(C)c1ccc(OCC(=O)OCC)c(F)c1. The molecule has 0 spiro atoms. The number of ether oxygens (including phenoxy) is 2. The number of rotatable bonds is 7. The predicted molar refractivity (Wildman–Crippen MR) is 70.6 cm³/mol. The second-order valence-electron chi connectivity index (χ2n) is 4.06. The number of carbonyl (C=O) groups is 1. The molecule has 1 aromatic rings. The molecule has 1 unspecified atom stereocenters. The van der Waals surface area contributed by atoms with Gasteiger partial charge >= 0.3 is 5.97 Å². The van der Waals surface area contributed by atoms with Gasteiger partial charge in [-0.15, -0.1) is 0 Å². The van der Waals surface area contributed by atoms with Crippen LogP contribution >= 0.6 is 0 Å². The van der Waals surface area contributed by atoms with Crippen molar-refractivity contribution < 1.29 is 18.7 Å². The summed E-state index contributed by atoms with van der Waals surface area (Å²) in [5.41, 5.74) is 0.836. The van der Waals surface area contributed by atoms with Crippen LogP contribution in [0.4, 0.5) is 4.39 Å². The zero-order valence-electron chi connectivity index (χ0n) is 11.5. The normalized spacial score (nSPS) is 12.0. The third kappa shape index (κ3) is 4.87. The van der Waals surface area contributed by atoms with Crippen LogP contribution in [0.2, 0.25) is 0 Å². The van der Waals surface area contributed by atoms with Gasteiger partial charge in [-0.25, -0.2) is 9.18 Å². The number of carbonyl (C=O) groups excluding carboxylic acids is 1. The fourth-order valence-electron chi connectivity index (χ4n) is 1.67. The molecule has 0 bridgehead atoms. The third-order valence-corrected chi connectivity index (χ3v) is 2.62. The zero-order chi connectivity index (χ0) is 14.3. The zero-order valence-corrected chi connectivity index (χ0v) is 11.5. The molecule has 0 fully saturated rings. The van der Waals surface area contributed by atoms with E-state index in [4.69, 9.17) is 9.47 Å². The molecule has 0 aliphatic rings. The van der Waals surface area contributed by atoms with Gasteiger partial charge in [0.15, 0.2) is 18.2 Å². The van der Waals surface area contributed by atoms with E-state index in [1.54, 1.807) is 13.0 Å². The van der Waals surface area contributed by atoms with Crippen molar-refractivity contribution in [3.05, 3.63) is 29.6 Å². The molecule has 0 saturated carbocycles. The van der Waals surface area contributed by atoms with Gasteiger partial charge in [-0.3, -0.25) is 0 Å². The Balaban J connectivity index is 2.64. The van der Waals surface area contributed by atoms with E-state index >= 15 is 0 Å². The fraction of sp³-hybridized carbons (Fsp3) is 0.500. The van der Waals surface area contributed by atoms with Gasteiger partial charge in [0.05, 0.1) is 6.61 Å². The maximum absolute atomic E-state index is 13.8. The molecule has 1 atom stereocenters. The summed E-state index contributed by atoms with van der Waals surface area (Å²) >= 11 is 0. The quantitative estimate of drug-likeness (QED) is 0.772. The lowest BCUT2D eigenvalue weighted by Crippen LogP contribution is -2.18. The van der Waals surface area contributed by atoms with E-state index in [9.17, 15) is 9.18 Å². The molecule has 1 N–H and O–H groups in total. The Hall–Kier alpha value is -1.62. The monoisotopic (exact) mass is 269 g/mol. The van der Waals surface area contributed by atoms with Crippen LogP contribution in [0.5, 0.6) is 5.75 Å². The summed E-state index contributed by atoms with van der Waals surface area (Å²) in [6.45, 7) is 6.46. The Kier molecular flexibility index (Phi) is 6.29. The van der Waals surface area contributed by atoms with E-state index in [0.29, 0.717) is 0 Å². The van der Waals surface area contributed by atoms with E-state index in [1.807, 2.05) is 13.8 Å². The highest BCUT2D eigenvalue weighted by Gasteiger charge is 2.11. The van der Waals surface area contributed by atoms with E-state index in [0.717, 1.165) is 12.1 Å². The molecule has 5 heteroatoms. The second kappa shape index (κ2) is 7.74. The van der Waals surface area contributed by atoms with Crippen LogP contribution < -0.4 is 10.1 Å². The van der Waals surface area contributed by atoms with Crippen LogP contribution in [-0.4, -0.2) is 25.7 Å². The van der Waals surface area contributed by atoms with E-state index < -0.39 is 11.8 Å². The molecule has 0 amide bonds. The average molecular weight is 269 g/mol. The lowest BCUT2D eigenvalue weighted by atomic mass is 10.1. The predicted octanol–water partition coefficient (Wildman–Crippen LogP) is 2.44. The van der Waals surface area contributed by atoms with Crippen molar-refractivity contribution >= 4 is 5.97 Å². The summed E-state index contributed by atoms with van der Waals surface area (Å²) in [4.78, 5) is 11.1. The van der Waals surface area contributed by atoms with Crippen LogP contribution in [0, 0.1) is 5.82 Å². The second-order valence-corrected chi connectivity index (χ2v) is 4.06. The van der Waals surface area contributed by atoms with Crippen molar-refractivity contribution in [1.82, 2.24) is 5.32 Å². The van der Waals surface area contributed by atoms with E-state index in [-0.39, 0.29) is 25.0 Å². The first-order chi connectivity index (χ1) is 9.08. The molecule has 4 nitrogen and oxygen atoms in total. The Bertz CT molecular complexity index is 423. The maximum atomic E-state index is 13.8. The molecule has 19 heavy (non-hydrogen) atoms. The number of nitrogens with one attached hydrogen (secondary N) is 1. The minimum atomic E-state index is -0.507. The summed E-state index contributed by atoms with van der Waals surface area (Å²) < 4.78 is 23.6. The largest absolute Gasteiger partial charge is 0.479 e. The highest BCUT2D eigenvalue weighted by atomic mass is 19.1. The Labute approximate surface area is 112 Å². The van der Waals surface area contributed by atoms with Gasteiger partial charge in [0.25, 0.3) is 0 Å². The van der Waals surface area contributed by atoms with Crippen molar-refractivity contribution in [2.75, 3.05) is 19.8 Å². The van der Waals surface area contributed by atoms with Gasteiger partial charge in [0, 0.05) is 6.04 Å². The van der Waals surface area contributed by atoms with Crippen LogP contribution in [-0.2, 0) is 9.53 Å². The van der Waals surface area contributed by atoms with Gasteiger partial charge in [-0.2, -0.15) is 0 Å². The Morgan fingerprint density at radius 2 is 2.16 bits per heavy atom. The topological polar surface area (TPSA) is 47.6 Å². The van der Waals surface area contributed by atoms with Gasteiger partial charge < -0.3 is 14.8 Å².